The van der Waals surface area contributed by atoms with Gasteiger partial charge in [-0.25, -0.2) is 0 Å². The summed E-state index contributed by atoms with van der Waals surface area (Å²) in [6.45, 7) is 25.1. The Labute approximate surface area is 347 Å². The second-order valence-corrected chi connectivity index (χ2v) is 19.4. The lowest BCUT2D eigenvalue weighted by atomic mass is 9.67. The van der Waals surface area contributed by atoms with Gasteiger partial charge in [-0.3, -0.25) is 0 Å². The van der Waals surface area contributed by atoms with Crippen molar-refractivity contribution in [1.29, 1.82) is 0 Å². The van der Waals surface area contributed by atoms with Gasteiger partial charge >= 0.3 is 0 Å². The van der Waals surface area contributed by atoms with Crippen molar-refractivity contribution < 1.29 is 0 Å². The third kappa shape index (κ3) is 6.48. The molecule has 0 saturated heterocycles. The summed E-state index contributed by atoms with van der Waals surface area (Å²) in [5.41, 5.74) is 19.6. The highest BCUT2D eigenvalue weighted by Crippen LogP contribution is 2.56. The molecule has 2 heterocycles. The van der Waals surface area contributed by atoms with E-state index in [4.69, 9.17) is 0 Å². The second-order valence-electron chi connectivity index (χ2n) is 19.4. The number of fused-ring (bicyclic) bond motifs is 9. The molecule has 0 aliphatic heterocycles. The Bertz CT molecular complexity index is 2730. The topological polar surface area (TPSA) is 9.86 Å². The van der Waals surface area contributed by atoms with Crippen LogP contribution in [0.3, 0.4) is 0 Å². The Balaban J connectivity index is 1.18. The Morgan fingerprint density at radius 3 is 1.81 bits per heavy atom. The van der Waals surface area contributed by atoms with Crippen LogP contribution in [0.25, 0.3) is 66.6 Å². The molecule has 0 amide bonds. The molecule has 2 aromatic heterocycles. The molecule has 2 aliphatic rings. The van der Waals surface area contributed by atoms with Crippen LogP contribution in [0.15, 0.2) is 110 Å². The monoisotopic (exact) mass is 762 g/mol. The van der Waals surface area contributed by atoms with Crippen LogP contribution in [0.5, 0.6) is 0 Å². The highest BCUT2D eigenvalue weighted by molar-refractivity contribution is 6.09. The van der Waals surface area contributed by atoms with Crippen molar-refractivity contribution in [3.8, 4) is 22.3 Å². The average molecular weight is 763 g/mol. The lowest BCUT2D eigenvalue weighted by Gasteiger charge is -2.36. The van der Waals surface area contributed by atoms with Crippen LogP contribution in [0.1, 0.15) is 108 Å². The van der Waals surface area contributed by atoms with Crippen LogP contribution >= 0.6 is 0 Å². The molecular formula is C56H62N2. The highest BCUT2D eigenvalue weighted by atomic mass is 15.0. The summed E-state index contributed by atoms with van der Waals surface area (Å²) >= 11 is 0. The lowest BCUT2D eigenvalue weighted by molar-refractivity contribution is 0.337. The van der Waals surface area contributed by atoms with Gasteiger partial charge in [-0.1, -0.05) is 116 Å². The molecule has 0 unspecified atom stereocenters. The molecule has 2 heteroatoms. The summed E-state index contributed by atoms with van der Waals surface area (Å²) in [5.74, 6) is 2.28. The van der Waals surface area contributed by atoms with Gasteiger partial charge in [0.05, 0.1) is 0 Å². The SMILES string of the molecule is C=CCc1ccc2c(c1)c1cc(-c3ccc4c(c3)C(CC(C)C)(CC(C)C)c3cc(C5=Cc6c(n(CC(C)C)c7ccccc67)CC5)ccc3-4)ccc1n2CC(C)C. The standard InChI is InChI=1S/C56H62N2/c1-10-13-39-16-23-53-47(26-39)49-28-41(20-25-55(49)58(53)34-38(8)9)43-18-22-45-44-21-17-42(29-50(44)56(31-35(2)3,32-36(4)5)51(45)30-43)40-19-24-54-48(27-40)46-14-11-12-15-52(46)57(54)33-37(6)7/h10-12,14-18,20-23,25-30,35-38H,1,13,19,24,31-34H2,2-9H3. The molecule has 0 fully saturated rings. The highest BCUT2D eigenvalue weighted by Gasteiger charge is 2.44. The van der Waals surface area contributed by atoms with E-state index in [1.807, 2.05) is 6.08 Å². The predicted molar refractivity (Wildman–Crippen MR) is 252 cm³/mol. The van der Waals surface area contributed by atoms with E-state index in [1.54, 1.807) is 0 Å². The largest absolute Gasteiger partial charge is 0.344 e. The Morgan fingerprint density at radius 1 is 0.569 bits per heavy atom. The van der Waals surface area contributed by atoms with Crippen LogP contribution in [0.2, 0.25) is 0 Å². The lowest BCUT2D eigenvalue weighted by Crippen LogP contribution is -2.29. The van der Waals surface area contributed by atoms with Gasteiger partial charge in [0.15, 0.2) is 0 Å². The molecule has 58 heavy (non-hydrogen) atoms. The molecule has 0 atom stereocenters. The average Bonchev–Trinajstić information content (AvgIpc) is 3.76. The van der Waals surface area contributed by atoms with Crippen LogP contribution in [-0.2, 0) is 31.3 Å². The summed E-state index contributed by atoms with van der Waals surface area (Å²) in [7, 11) is 0. The summed E-state index contributed by atoms with van der Waals surface area (Å²) in [6, 6.07) is 38.3. The molecule has 0 N–H and O–H groups in total. The van der Waals surface area contributed by atoms with E-state index in [1.165, 1.54) is 94.0 Å². The molecule has 0 bridgehead atoms. The number of aromatic nitrogens is 2. The normalized spacial score (nSPS) is 14.7. The van der Waals surface area contributed by atoms with Gasteiger partial charge in [0.1, 0.15) is 0 Å². The third-order valence-electron chi connectivity index (χ3n) is 13.1. The van der Waals surface area contributed by atoms with Crippen molar-refractivity contribution >= 4 is 44.4 Å². The van der Waals surface area contributed by atoms with Crippen molar-refractivity contribution in [1.82, 2.24) is 9.13 Å². The molecule has 7 aromatic rings. The molecule has 0 spiro atoms. The number of hydrogen-bond acceptors (Lipinski definition) is 0. The summed E-state index contributed by atoms with van der Waals surface area (Å²) in [5, 5.41) is 4.09. The number of rotatable bonds is 12. The summed E-state index contributed by atoms with van der Waals surface area (Å²) in [4.78, 5) is 0. The fourth-order valence-corrected chi connectivity index (χ4v) is 11.1. The van der Waals surface area contributed by atoms with Crippen LogP contribution in [0.4, 0.5) is 0 Å². The molecule has 296 valence electrons. The van der Waals surface area contributed by atoms with E-state index < -0.39 is 0 Å². The van der Waals surface area contributed by atoms with Crippen molar-refractivity contribution in [3.63, 3.8) is 0 Å². The minimum absolute atomic E-state index is 0.0519. The Kier molecular flexibility index (Phi) is 9.90. The van der Waals surface area contributed by atoms with Gasteiger partial charge in [-0.2, -0.15) is 0 Å². The van der Waals surface area contributed by atoms with Gasteiger partial charge in [-0.15, -0.1) is 6.58 Å². The van der Waals surface area contributed by atoms with Gasteiger partial charge < -0.3 is 9.13 Å². The predicted octanol–water partition coefficient (Wildman–Crippen LogP) is 15.3. The fourth-order valence-electron chi connectivity index (χ4n) is 11.1. The number of benzene rings is 5. The van der Waals surface area contributed by atoms with Gasteiger partial charge in [0.2, 0.25) is 0 Å². The zero-order valence-corrected chi connectivity index (χ0v) is 36.3. The Morgan fingerprint density at radius 2 is 1.14 bits per heavy atom. The van der Waals surface area contributed by atoms with E-state index >= 15 is 0 Å². The van der Waals surface area contributed by atoms with E-state index in [2.05, 4.69) is 174 Å². The molecule has 2 nitrogen and oxygen atoms in total. The quantitative estimate of drug-likeness (QED) is 0.110. The molecule has 5 aromatic carbocycles. The first-order chi connectivity index (χ1) is 27.9. The molecule has 9 rings (SSSR count). The summed E-state index contributed by atoms with van der Waals surface area (Å²) in [6.07, 6.45) is 9.87. The van der Waals surface area contributed by atoms with Crippen LogP contribution in [0, 0.1) is 23.7 Å². The van der Waals surface area contributed by atoms with E-state index in [-0.39, 0.29) is 5.41 Å². The number of nitrogens with zero attached hydrogens (tertiary/aromatic N) is 2. The Hall–Kier alpha value is -5.08. The second kappa shape index (κ2) is 14.9. The van der Waals surface area contributed by atoms with E-state index in [0.717, 1.165) is 45.2 Å². The van der Waals surface area contributed by atoms with Gasteiger partial charge in [0, 0.05) is 62.5 Å². The van der Waals surface area contributed by atoms with E-state index in [9.17, 15) is 0 Å². The smallest absolute Gasteiger partial charge is 0.0491 e. The number of hydrogen-bond donors (Lipinski definition) is 0. The maximum atomic E-state index is 4.03. The number of para-hydroxylation sites is 1. The third-order valence-corrected chi connectivity index (χ3v) is 13.1. The first kappa shape index (κ1) is 38.4. The van der Waals surface area contributed by atoms with Crippen LogP contribution < -0.4 is 0 Å². The minimum Gasteiger partial charge on any atom is -0.344 e. The molecule has 0 radical (unpaired) electrons. The maximum absolute atomic E-state index is 4.03. The molecular weight excluding hydrogens is 701 g/mol. The zero-order valence-electron chi connectivity index (χ0n) is 36.3. The van der Waals surface area contributed by atoms with Crippen molar-refractivity contribution in [2.75, 3.05) is 0 Å². The molecule has 0 saturated carbocycles. The van der Waals surface area contributed by atoms with E-state index in [0.29, 0.717) is 23.7 Å². The molecule has 2 aliphatic carbocycles. The van der Waals surface area contributed by atoms with Crippen molar-refractivity contribution in [2.24, 2.45) is 23.7 Å². The fraction of sp³-hybridized carbons (Fsp3) is 0.357. The van der Waals surface area contributed by atoms with Crippen molar-refractivity contribution in [2.45, 2.75) is 106 Å². The zero-order chi connectivity index (χ0) is 40.5. The first-order valence-electron chi connectivity index (χ1n) is 22.2. The minimum atomic E-state index is -0.0519. The summed E-state index contributed by atoms with van der Waals surface area (Å²) < 4.78 is 5.15. The van der Waals surface area contributed by atoms with Gasteiger partial charge in [0.25, 0.3) is 0 Å². The van der Waals surface area contributed by atoms with Crippen LogP contribution in [-0.4, -0.2) is 9.13 Å². The first-order valence-corrected chi connectivity index (χ1v) is 22.2. The maximum Gasteiger partial charge on any atom is 0.0491 e. The van der Waals surface area contributed by atoms with Crippen molar-refractivity contribution in [3.05, 3.63) is 143 Å². The number of allylic oxidation sites excluding steroid dienone is 2. The van der Waals surface area contributed by atoms with Gasteiger partial charge in [-0.05, 0) is 154 Å².